The third-order valence-corrected chi connectivity index (χ3v) is 3.69. The Hall–Kier alpha value is -1.28. The molecule has 0 radical (unpaired) electrons. The number of hydrogen-bond acceptors (Lipinski definition) is 1. The van der Waals surface area contributed by atoms with Gasteiger partial charge in [0.15, 0.2) is 0 Å². The Balaban J connectivity index is 2.65. The summed E-state index contributed by atoms with van der Waals surface area (Å²) in [6, 6.07) is 6.37. The second-order valence-corrected chi connectivity index (χ2v) is 6.58. The topological polar surface area (TPSA) is 17.8 Å². The summed E-state index contributed by atoms with van der Waals surface area (Å²) in [5, 5.41) is 5.39. The quantitative estimate of drug-likeness (QED) is 0.741. The van der Waals surface area contributed by atoms with Crippen molar-refractivity contribution in [1.82, 2.24) is 9.78 Å². The highest BCUT2D eigenvalue weighted by atomic mass is 35.5. The molecule has 0 spiro atoms. The maximum atomic E-state index is 6.58. The van der Waals surface area contributed by atoms with Crippen LogP contribution in [-0.4, -0.2) is 9.78 Å². The zero-order valence-corrected chi connectivity index (χ0v) is 13.3. The van der Waals surface area contributed by atoms with E-state index in [4.69, 9.17) is 11.6 Å². The van der Waals surface area contributed by atoms with E-state index in [1.807, 2.05) is 11.7 Å². The summed E-state index contributed by atoms with van der Waals surface area (Å²) in [6.07, 6.45) is 0. The molecule has 19 heavy (non-hydrogen) atoms. The highest BCUT2D eigenvalue weighted by Crippen LogP contribution is 2.37. The Morgan fingerprint density at radius 2 is 1.79 bits per heavy atom. The van der Waals surface area contributed by atoms with E-state index in [1.54, 1.807) is 0 Å². The van der Waals surface area contributed by atoms with Crippen molar-refractivity contribution in [3.63, 3.8) is 0 Å². The molecule has 0 aliphatic heterocycles. The zero-order valence-electron chi connectivity index (χ0n) is 12.5. The highest BCUT2D eigenvalue weighted by Gasteiger charge is 2.26. The third kappa shape index (κ3) is 2.55. The molecule has 3 heteroatoms. The molecular weight excluding hydrogens is 256 g/mol. The van der Waals surface area contributed by atoms with Gasteiger partial charge in [0, 0.05) is 18.0 Å². The standard InChI is InChI=1S/C16H21ClN2/c1-10-7-8-12(11(2)9-10)14-13(17)15(16(3,4)5)19(6)18-14/h7-9H,1-6H3. The number of nitrogens with zero attached hydrogens (tertiary/aromatic N) is 2. The molecule has 2 nitrogen and oxygen atoms in total. The van der Waals surface area contributed by atoms with Gasteiger partial charge < -0.3 is 0 Å². The molecule has 0 atom stereocenters. The second kappa shape index (κ2) is 4.68. The molecule has 2 aromatic rings. The summed E-state index contributed by atoms with van der Waals surface area (Å²) in [7, 11) is 1.96. The van der Waals surface area contributed by atoms with Crippen LogP contribution in [0.1, 0.15) is 37.6 Å². The number of hydrogen-bond donors (Lipinski definition) is 0. The zero-order chi connectivity index (χ0) is 14.4. The molecule has 1 aromatic heterocycles. The number of halogens is 1. The van der Waals surface area contributed by atoms with E-state index in [9.17, 15) is 0 Å². The SMILES string of the molecule is Cc1ccc(-c2nn(C)c(C(C)(C)C)c2Cl)c(C)c1. The van der Waals surface area contributed by atoms with Gasteiger partial charge in [-0.15, -0.1) is 0 Å². The molecule has 0 saturated carbocycles. The van der Waals surface area contributed by atoms with Gasteiger partial charge in [-0.3, -0.25) is 4.68 Å². The van der Waals surface area contributed by atoms with Crippen LogP contribution in [0.4, 0.5) is 0 Å². The fourth-order valence-electron chi connectivity index (χ4n) is 2.56. The summed E-state index contributed by atoms with van der Waals surface area (Å²) in [5.74, 6) is 0. The van der Waals surface area contributed by atoms with Crippen LogP contribution in [0.2, 0.25) is 5.02 Å². The van der Waals surface area contributed by atoms with Crippen molar-refractivity contribution in [2.45, 2.75) is 40.0 Å². The first-order chi connectivity index (χ1) is 8.71. The van der Waals surface area contributed by atoms with Gasteiger partial charge in [0.1, 0.15) is 5.69 Å². The predicted molar refractivity (Wildman–Crippen MR) is 81.8 cm³/mol. The molecule has 0 aliphatic rings. The minimum atomic E-state index is -0.0182. The highest BCUT2D eigenvalue weighted by molar-refractivity contribution is 6.34. The summed E-state index contributed by atoms with van der Waals surface area (Å²) in [5.41, 5.74) is 5.51. The van der Waals surface area contributed by atoms with Gasteiger partial charge in [-0.2, -0.15) is 5.10 Å². The Labute approximate surface area is 120 Å². The van der Waals surface area contributed by atoms with E-state index in [-0.39, 0.29) is 5.41 Å². The van der Waals surface area contributed by atoms with Crippen LogP contribution in [0, 0.1) is 13.8 Å². The van der Waals surface area contributed by atoms with Crippen molar-refractivity contribution in [3.8, 4) is 11.3 Å². The second-order valence-electron chi connectivity index (χ2n) is 6.20. The lowest BCUT2D eigenvalue weighted by Gasteiger charge is -2.19. The number of aromatic nitrogens is 2. The molecule has 0 unspecified atom stereocenters. The summed E-state index contributed by atoms with van der Waals surface area (Å²) in [6.45, 7) is 10.7. The van der Waals surface area contributed by atoms with Crippen LogP contribution in [0.15, 0.2) is 18.2 Å². The fraction of sp³-hybridized carbons (Fsp3) is 0.438. The van der Waals surface area contributed by atoms with Crippen molar-refractivity contribution in [2.75, 3.05) is 0 Å². The molecule has 102 valence electrons. The largest absolute Gasteiger partial charge is 0.270 e. The van der Waals surface area contributed by atoms with E-state index >= 15 is 0 Å². The average molecular weight is 277 g/mol. The normalized spacial score (nSPS) is 11.9. The van der Waals surface area contributed by atoms with E-state index in [1.165, 1.54) is 11.1 Å². The Kier molecular flexibility index (Phi) is 3.48. The van der Waals surface area contributed by atoms with E-state index in [0.717, 1.165) is 22.0 Å². The monoisotopic (exact) mass is 276 g/mol. The van der Waals surface area contributed by atoms with Crippen molar-refractivity contribution >= 4 is 11.6 Å². The molecule has 0 saturated heterocycles. The molecule has 1 aromatic carbocycles. The first-order valence-corrected chi connectivity index (χ1v) is 6.90. The van der Waals surface area contributed by atoms with Gasteiger partial charge in [0.05, 0.1) is 10.7 Å². The molecular formula is C16H21ClN2. The van der Waals surface area contributed by atoms with E-state index in [0.29, 0.717) is 0 Å². The van der Waals surface area contributed by atoms with Crippen molar-refractivity contribution in [3.05, 3.63) is 40.0 Å². The minimum Gasteiger partial charge on any atom is -0.270 e. The molecule has 2 rings (SSSR count). The lowest BCUT2D eigenvalue weighted by Crippen LogP contribution is -2.16. The molecule has 0 aliphatic carbocycles. The van der Waals surface area contributed by atoms with Crippen LogP contribution < -0.4 is 0 Å². The van der Waals surface area contributed by atoms with Gasteiger partial charge >= 0.3 is 0 Å². The predicted octanol–water partition coefficient (Wildman–Crippen LogP) is 4.65. The van der Waals surface area contributed by atoms with Crippen LogP contribution in [0.25, 0.3) is 11.3 Å². The van der Waals surface area contributed by atoms with E-state index < -0.39 is 0 Å². The Morgan fingerprint density at radius 1 is 1.16 bits per heavy atom. The average Bonchev–Trinajstić information content (AvgIpc) is 2.53. The van der Waals surface area contributed by atoms with Gasteiger partial charge in [0.2, 0.25) is 0 Å². The maximum absolute atomic E-state index is 6.58. The smallest absolute Gasteiger partial charge is 0.111 e. The van der Waals surface area contributed by atoms with Gasteiger partial charge in [-0.05, 0) is 19.4 Å². The van der Waals surface area contributed by atoms with Gasteiger partial charge in [0.25, 0.3) is 0 Å². The lowest BCUT2D eigenvalue weighted by atomic mass is 9.91. The molecule has 0 bridgehead atoms. The number of benzene rings is 1. The summed E-state index contributed by atoms with van der Waals surface area (Å²) >= 11 is 6.58. The molecule has 1 heterocycles. The van der Waals surface area contributed by atoms with E-state index in [2.05, 4.69) is 57.9 Å². The lowest BCUT2D eigenvalue weighted by molar-refractivity contribution is 0.523. The fourth-order valence-corrected chi connectivity index (χ4v) is 3.11. The summed E-state index contributed by atoms with van der Waals surface area (Å²) < 4.78 is 1.90. The molecule has 0 amide bonds. The van der Waals surface area contributed by atoms with Gasteiger partial charge in [-0.25, -0.2) is 0 Å². The first-order valence-electron chi connectivity index (χ1n) is 6.52. The first kappa shape index (κ1) is 14.1. The Morgan fingerprint density at radius 3 is 2.26 bits per heavy atom. The number of rotatable bonds is 1. The van der Waals surface area contributed by atoms with Crippen molar-refractivity contribution in [1.29, 1.82) is 0 Å². The third-order valence-electron chi connectivity index (χ3n) is 3.34. The molecule has 0 N–H and O–H groups in total. The Bertz CT molecular complexity index is 618. The van der Waals surface area contributed by atoms with Crippen LogP contribution in [-0.2, 0) is 12.5 Å². The maximum Gasteiger partial charge on any atom is 0.111 e. The van der Waals surface area contributed by atoms with Crippen LogP contribution >= 0.6 is 11.6 Å². The van der Waals surface area contributed by atoms with Crippen molar-refractivity contribution < 1.29 is 0 Å². The summed E-state index contributed by atoms with van der Waals surface area (Å²) in [4.78, 5) is 0. The molecule has 0 fully saturated rings. The van der Waals surface area contributed by atoms with Crippen molar-refractivity contribution in [2.24, 2.45) is 7.05 Å². The van der Waals surface area contributed by atoms with Gasteiger partial charge in [-0.1, -0.05) is 56.1 Å². The minimum absolute atomic E-state index is 0.0182. The van der Waals surface area contributed by atoms with Crippen LogP contribution in [0.5, 0.6) is 0 Å². The van der Waals surface area contributed by atoms with Crippen LogP contribution in [0.3, 0.4) is 0 Å². The number of aryl methyl sites for hydroxylation is 3.